The van der Waals surface area contributed by atoms with Gasteiger partial charge in [0.05, 0.1) is 12.6 Å². The van der Waals surface area contributed by atoms with Crippen molar-refractivity contribution in [3.63, 3.8) is 0 Å². The van der Waals surface area contributed by atoms with Crippen LogP contribution >= 0.6 is 0 Å². The number of ether oxygens (including phenoxy) is 1. The SMILES string of the molecule is O=C1OCC(CO)N1CC1CCCN1. The van der Waals surface area contributed by atoms with Crippen LogP contribution in [0.15, 0.2) is 0 Å². The van der Waals surface area contributed by atoms with E-state index in [0.717, 1.165) is 19.4 Å². The molecule has 5 heteroatoms. The summed E-state index contributed by atoms with van der Waals surface area (Å²) in [6, 6.07) is 0.222. The smallest absolute Gasteiger partial charge is 0.410 e. The van der Waals surface area contributed by atoms with Gasteiger partial charge < -0.3 is 15.2 Å². The summed E-state index contributed by atoms with van der Waals surface area (Å²) in [6.45, 7) is 1.99. The van der Waals surface area contributed by atoms with E-state index in [-0.39, 0.29) is 18.7 Å². The molecule has 2 heterocycles. The molecule has 5 nitrogen and oxygen atoms in total. The summed E-state index contributed by atoms with van der Waals surface area (Å²) in [5.41, 5.74) is 0. The molecule has 2 atom stereocenters. The van der Waals surface area contributed by atoms with Crippen molar-refractivity contribution in [1.29, 1.82) is 0 Å². The molecule has 0 aromatic heterocycles. The number of nitrogens with one attached hydrogen (secondary N) is 1. The van der Waals surface area contributed by atoms with E-state index in [2.05, 4.69) is 5.32 Å². The molecular formula is C9H16N2O3. The lowest BCUT2D eigenvalue weighted by atomic mass is 10.2. The minimum Gasteiger partial charge on any atom is -0.447 e. The van der Waals surface area contributed by atoms with Gasteiger partial charge >= 0.3 is 6.09 Å². The fraction of sp³-hybridized carbons (Fsp3) is 0.889. The van der Waals surface area contributed by atoms with Crippen LogP contribution in [0.1, 0.15) is 12.8 Å². The third kappa shape index (κ3) is 1.83. The summed E-state index contributed by atoms with van der Waals surface area (Å²) in [5, 5.41) is 12.4. The first-order valence-electron chi connectivity index (χ1n) is 5.09. The Kier molecular flexibility index (Phi) is 2.88. The number of hydrogen-bond donors (Lipinski definition) is 2. The lowest BCUT2D eigenvalue weighted by Gasteiger charge is -2.23. The van der Waals surface area contributed by atoms with Crippen LogP contribution in [-0.4, -0.2) is 54.5 Å². The first-order chi connectivity index (χ1) is 6.81. The number of cyclic esters (lactones) is 1. The molecule has 2 unspecified atom stereocenters. The molecule has 0 spiro atoms. The van der Waals surface area contributed by atoms with Crippen molar-refractivity contribution in [3.05, 3.63) is 0 Å². The van der Waals surface area contributed by atoms with Gasteiger partial charge in [-0.05, 0) is 19.4 Å². The topological polar surface area (TPSA) is 61.8 Å². The maximum absolute atomic E-state index is 11.3. The van der Waals surface area contributed by atoms with Crippen molar-refractivity contribution in [2.24, 2.45) is 0 Å². The molecule has 2 rings (SSSR count). The molecule has 2 aliphatic rings. The molecule has 0 radical (unpaired) electrons. The van der Waals surface area contributed by atoms with Crippen molar-refractivity contribution in [2.45, 2.75) is 24.9 Å². The summed E-state index contributed by atoms with van der Waals surface area (Å²) < 4.78 is 4.88. The molecular weight excluding hydrogens is 184 g/mol. The van der Waals surface area contributed by atoms with E-state index in [1.54, 1.807) is 4.90 Å². The van der Waals surface area contributed by atoms with Crippen LogP contribution in [0, 0.1) is 0 Å². The maximum atomic E-state index is 11.3. The number of aliphatic hydroxyl groups is 1. The summed E-state index contributed by atoms with van der Waals surface area (Å²) in [6.07, 6.45) is 1.97. The average molecular weight is 200 g/mol. The van der Waals surface area contributed by atoms with Crippen molar-refractivity contribution in [3.8, 4) is 0 Å². The molecule has 0 aromatic carbocycles. The fourth-order valence-corrected chi connectivity index (χ4v) is 2.01. The normalized spacial score (nSPS) is 32.4. The van der Waals surface area contributed by atoms with E-state index in [9.17, 15) is 4.79 Å². The van der Waals surface area contributed by atoms with Crippen molar-refractivity contribution >= 4 is 6.09 Å². The van der Waals surface area contributed by atoms with E-state index in [4.69, 9.17) is 9.84 Å². The average Bonchev–Trinajstić information content (AvgIpc) is 2.79. The largest absolute Gasteiger partial charge is 0.447 e. The van der Waals surface area contributed by atoms with Crippen LogP contribution in [0.3, 0.4) is 0 Å². The molecule has 2 saturated heterocycles. The Balaban J connectivity index is 1.90. The van der Waals surface area contributed by atoms with Gasteiger partial charge in [-0.15, -0.1) is 0 Å². The molecule has 0 aromatic rings. The second-order valence-electron chi connectivity index (χ2n) is 3.86. The van der Waals surface area contributed by atoms with Gasteiger partial charge in [-0.25, -0.2) is 4.79 Å². The van der Waals surface area contributed by atoms with E-state index >= 15 is 0 Å². The molecule has 14 heavy (non-hydrogen) atoms. The van der Waals surface area contributed by atoms with Crippen LogP contribution in [0.5, 0.6) is 0 Å². The zero-order valence-electron chi connectivity index (χ0n) is 8.11. The molecule has 0 saturated carbocycles. The Morgan fingerprint density at radius 1 is 1.64 bits per heavy atom. The van der Waals surface area contributed by atoms with Gasteiger partial charge in [-0.1, -0.05) is 0 Å². The molecule has 2 N–H and O–H groups in total. The number of aliphatic hydroxyl groups excluding tert-OH is 1. The second kappa shape index (κ2) is 4.14. The van der Waals surface area contributed by atoms with Crippen LogP contribution in [-0.2, 0) is 4.74 Å². The van der Waals surface area contributed by atoms with Crippen LogP contribution in [0.4, 0.5) is 4.79 Å². The monoisotopic (exact) mass is 200 g/mol. The van der Waals surface area contributed by atoms with Crippen molar-refractivity contribution in [2.75, 3.05) is 26.3 Å². The van der Waals surface area contributed by atoms with E-state index < -0.39 is 0 Å². The third-order valence-electron chi connectivity index (χ3n) is 2.86. The highest BCUT2D eigenvalue weighted by molar-refractivity contribution is 5.70. The summed E-state index contributed by atoms with van der Waals surface area (Å²) in [5.74, 6) is 0. The Morgan fingerprint density at radius 3 is 3.14 bits per heavy atom. The number of nitrogens with zero attached hydrogens (tertiary/aromatic N) is 1. The molecule has 80 valence electrons. The number of carbonyl (C=O) groups is 1. The standard InChI is InChI=1S/C9H16N2O3/c12-5-8-6-14-9(13)11(8)4-7-2-1-3-10-7/h7-8,10,12H,1-6H2. The fourth-order valence-electron chi connectivity index (χ4n) is 2.01. The Morgan fingerprint density at radius 2 is 2.50 bits per heavy atom. The zero-order chi connectivity index (χ0) is 9.97. The second-order valence-corrected chi connectivity index (χ2v) is 3.86. The number of carbonyl (C=O) groups excluding carboxylic acids is 1. The minimum atomic E-state index is -0.294. The Hall–Kier alpha value is -0.810. The highest BCUT2D eigenvalue weighted by atomic mass is 16.6. The molecule has 2 aliphatic heterocycles. The van der Waals surface area contributed by atoms with E-state index in [1.165, 1.54) is 0 Å². The molecule has 0 aliphatic carbocycles. The Bertz CT molecular complexity index is 216. The van der Waals surface area contributed by atoms with Crippen molar-refractivity contribution < 1.29 is 14.6 Å². The predicted molar refractivity (Wildman–Crippen MR) is 50.0 cm³/mol. The third-order valence-corrected chi connectivity index (χ3v) is 2.86. The van der Waals surface area contributed by atoms with Gasteiger partial charge in [-0.3, -0.25) is 4.90 Å². The van der Waals surface area contributed by atoms with Crippen molar-refractivity contribution in [1.82, 2.24) is 10.2 Å². The molecule has 2 fully saturated rings. The maximum Gasteiger partial charge on any atom is 0.410 e. The first-order valence-corrected chi connectivity index (χ1v) is 5.09. The van der Waals surface area contributed by atoms with Gasteiger partial charge in [0.2, 0.25) is 0 Å². The first kappa shape index (κ1) is 9.73. The number of amides is 1. The molecule has 0 bridgehead atoms. The highest BCUT2D eigenvalue weighted by Crippen LogP contribution is 2.15. The lowest BCUT2D eigenvalue weighted by Crippen LogP contribution is -2.43. The Labute approximate surface area is 83.0 Å². The zero-order valence-corrected chi connectivity index (χ0v) is 8.11. The van der Waals surface area contributed by atoms with E-state index in [1.807, 2.05) is 0 Å². The highest BCUT2D eigenvalue weighted by Gasteiger charge is 2.34. The molecule has 1 amide bonds. The number of rotatable bonds is 3. The minimum absolute atomic E-state index is 0.0154. The lowest BCUT2D eigenvalue weighted by molar-refractivity contribution is 0.149. The van der Waals surface area contributed by atoms with Gasteiger partial charge in [-0.2, -0.15) is 0 Å². The summed E-state index contributed by atoms with van der Waals surface area (Å²) >= 11 is 0. The predicted octanol–water partition coefficient (Wildman–Crippen LogP) is -0.449. The van der Waals surface area contributed by atoms with Gasteiger partial charge in [0, 0.05) is 12.6 Å². The summed E-state index contributed by atoms with van der Waals surface area (Å²) in [4.78, 5) is 12.9. The van der Waals surface area contributed by atoms with Gasteiger partial charge in [0.15, 0.2) is 0 Å². The van der Waals surface area contributed by atoms with Gasteiger partial charge in [0.1, 0.15) is 6.61 Å². The quantitative estimate of drug-likeness (QED) is 0.648. The van der Waals surface area contributed by atoms with Crippen LogP contribution < -0.4 is 5.32 Å². The van der Waals surface area contributed by atoms with E-state index in [0.29, 0.717) is 19.2 Å². The van der Waals surface area contributed by atoms with Crippen LogP contribution in [0.25, 0.3) is 0 Å². The summed E-state index contributed by atoms with van der Waals surface area (Å²) in [7, 11) is 0. The van der Waals surface area contributed by atoms with Gasteiger partial charge in [0.25, 0.3) is 0 Å². The van der Waals surface area contributed by atoms with Crippen LogP contribution in [0.2, 0.25) is 0 Å². The number of hydrogen-bond acceptors (Lipinski definition) is 4.